The molecule has 0 spiro atoms. The molecule has 6 heteroatoms. The molecule has 0 unspecified atom stereocenters. The fraction of sp³-hybridized carbons (Fsp3) is 0.333. The highest BCUT2D eigenvalue weighted by Crippen LogP contribution is 2.31. The number of benzene rings is 1. The number of carbonyl (C=O) groups excluding carboxylic acids is 2. The van der Waals surface area contributed by atoms with Crippen LogP contribution in [0.25, 0.3) is 0 Å². The second-order valence-electron chi connectivity index (χ2n) is 4.18. The molecule has 0 saturated heterocycles. The molecule has 1 aromatic rings. The maximum Gasteiger partial charge on any atom is 0.311 e. The van der Waals surface area contributed by atoms with E-state index in [2.05, 4.69) is 6.58 Å². The number of rotatable bonds is 8. The first kappa shape index (κ1) is 17.5. The third-order valence-corrected chi connectivity index (χ3v) is 3.29. The summed E-state index contributed by atoms with van der Waals surface area (Å²) in [5.74, 6) is -0.830. The lowest BCUT2D eigenvalue weighted by Crippen LogP contribution is -2.13. The summed E-state index contributed by atoms with van der Waals surface area (Å²) in [4.78, 5) is 23.0. The van der Waals surface area contributed by atoms with Crippen molar-refractivity contribution in [1.82, 2.24) is 0 Å². The molecule has 0 aromatic heterocycles. The zero-order chi connectivity index (χ0) is 15.7. The minimum atomic E-state index is -0.567. The van der Waals surface area contributed by atoms with Crippen LogP contribution in [0.2, 0.25) is 10.0 Å². The first-order valence-corrected chi connectivity index (χ1v) is 7.21. The summed E-state index contributed by atoms with van der Waals surface area (Å²) in [6.07, 6.45) is 3.13. The predicted molar refractivity (Wildman–Crippen MR) is 81.7 cm³/mol. The molecule has 0 heterocycles. The number of esters is 2. The van der Waals surface area contributed by atoms with Gasteiger partial charge in [0.1, 0.15) is 5.02 Å². The van der Waals surface area contributed by atoms with E-state index in [1.54, 1.807) is 18.2 Å². The molecule has 4 nitrogen and oxygen atoms in total. The van der Waals surface area contributed by atoms with Gasteiger partial charge in [0.05, 0.1) is 24.5 Å². The SMILES string of the molecule is C=CCCCOC(=O)CCC(=O)Oc1cccc(Cl)c1Cl. The van der Waals surface area contributed by atoms with Crippen LogP contribution in [0.4, 0.5) is 0 Å². The van der Waals surface area contributed by atoms with Crippen LogP contribution in [-0.4, -0.2) is 18.5 Å². The average molecular weight is 331 g/mol. The number of ether oxygens (including phenoxy) is 2. The maximum absolute atomic E-state index is 11.6. The number of hydrogen-bond donors (Lipinski definition) is 0. The maximum atomic E-state index is 11.6. The molecule has 21 heavy (non-hydrogen) atoms. The highest BCUT2D eigenvalue weighted by Gasteiger charge is 2.13. The van der Waals surface area contributed by atoms with Crippen LogP contribution >= 0.6 is 23.2 Å². The molecular formula is C15H16Cl2O4. The number of unbranched alkanes of at least 4 members (excludes halogenated alkanes) is 1. The molecule has 0 amide bonds. The lowest BCUT2D eigenvalue weighted by atomic mass is 10.3. The molecule has 0 aliphatic heterocycles. The van der Waals surface area contributed by atoms with E-state index in [4.69, 9.17) is 32.7 Å². The number of allylic oxidation sites excluding steroid dienone is 1. The second-order valence-corrected chi connectivity index (χ2v) is 4.96. The Bertz CT molecular complexity index is 514. The third kappa shape index (κ3) is 6.65. The zero-order valence-electron chi connectivity index (χ0n) is 11.4. The van der Waals surface area contributed by atoms with Crippen LogP contribution < -0.4 is 4.74 Å². The van der Waals surface area contributed by atoms with Gasteiger partial charge in [-0.2, -0.15) is 0 Å². The molecule has 0 bridgehead atoms. The van der Waals surface area contributed by atoms with Gasteiger partial charge in [0, 0.05) is 0 Å². The Morgan fingerprint density at radius 3 is 2.62 bits per heavy atom. The van der Waals surface area contributed by atoms with Crippen LogP contribution in [-0.2, 0) is 14.3 Å². The van der Waals surface area contributed by atoms with Gasteiger partial charge < -0.3 is 9.47 Å². The van der Waals surface area contributed by atoms with Crippen molar-refractivity contribution in [3.8, 4) is 5.75 Å². The topological polar surface area (TPSA) is 52.6 Å². The molecule has 0 aliphatic rings. The van der Waals surface area contributed by atoms with Crippen molar-refractivity contribution in [2.45, 2.75) is 25.7 Å². The minimum absolute atomic E-state index is 0.0366. The zero-order valence-corrected chi connectivity index (χ0v) is 13.0. The fourth-order valence-electron chi connectivity index (χ4n) is 1.43. The van der Waals surface area contributed by atoms with Gasteiger partial charge in [0.2, 0.25) is 0 Å². The molecule has 0 atom stereocenters. The highest BCUT2D eigenvalue weighted by molar-refractivity contribution is 6.43. The smallest absolute Gasteiger partial charge is 0.311 e. The Kier molecular flexibility index (Phi) is 7.87. The lowest BCUT2D eigenvalue weighted by Gasteiger charge is -2.07. The largest absolute Gasteiger partial charge is 0.466 e. The van der Waals surface area contributed by atoms with Crippen LogP contribution in [0.3, 0.4) is 0 Å². The van der Waals surface area contributed by atoms with Crippen molar-refractivity contribution < 1.29 is 19.1 Å². The minimum Gasteiger partial charge on any atom is -0.466 e. The molecule has 0 aliphatic carbocycles. The molecule has 1 aromatic carbocycles. The summed E-state index contributed by atoms with van der Waals surface area (Å²) in [7, 11) is 0. The van der Waals surface area contributed by atoms with E-state index >= 15 is 0 Å². The molecule has 114 valence electrons. The Morgan fingerprint density at radius 2 is 1.90 bits per heavy atom. The third-order valence-electron chi connectivity index (χ3n) is 2.49. The Morgan fingerprint density at radius 1 is 1.19 bits per heavy atom. The Balaban J connectivity index is 2.32. The van der Waals surface area contributed by atoms with Gasteiger partial charge >= 0.3 is 11.9 Å². The van der Waals surface area contributed by atoms with Gasteiger partial charge in [-0.1, -0.05) is 35.3 Å². The van der Waals surface area contributed by atoms with E-state index in [9.17, 15) is 9.59 Å². The summed E-state index contributed by atoms with van der Waals surface area (Å²) >= 11 is 11.7. The van der Waals surface area contributed by atoms with E-state index in [1.165, 1.54) is 6.07 Å². The number of carbonyl (C=O) groups is 2. The van der Waals surface area contributed by atoms with Crippen molar-refractivity contribution in [2.24, 2.45) is 0 Å². The van der Waals surface area contributed by atoms with Crippen molar-refractivity contribution in [3.05, 3.63) is 40.9 Å². The summed E-state index contributed by atoms with van der Waals surface area (Å²) in [6.45, 7) is 3.89. The molecule has 0 radical (unpaired) electrons. The Hall–Kier alpha value is -1.52. The van der Waals surface area contributed by atoms with Crippen molar-refractivity contribution >= 4 is 35.1 Å². The quantitative estimate of drug-likeness (QED) is 0.310. The summed E-state index contributed by atoms with van der Waals surface area (Å²) < 4.78 is 9.99. The first-order chi connectivity index (χ1) is 10.0. The molecule has 0 N–H and O–H groups in total. The van der Waals surface area contributed by atoms with Crippen LogP contribution in [0.1, 0.15) is 25.7 Å². The van der Waals surface area contributed by atoms with Gasteiger partial charge in [-0.3, -0.25) is 9.59 Å². The number of hydrogen-bond acceptors (Lipinski definition) is 4. The van der Waals surface area contributed by atoms with E-state index < -0.39 is 11.9 Å². The fourth-order valence-corrected chi connectivity index (χ4v) is 1.76. The first-order valence-electron chi connectivity index (χ1n) is 6.45. The lowest BCUT2D eigenvalue weighted by molar-refractivity contribution is -0.147. The highest BCUT2D eigenvalue weighted by atomic mass is 35.5. The summed E-state index contributed by atoms with van der Waals surface area (Å²) in [5.41, 5.74) is 0. The van der Waals surface area contributed by atoms with Crippen molar-refractivity contribution in [1.29, 1.82) is 0 Å². The van der Waals surface area contributed by atoms with Gasteiger partial charge in [-0.15, -0.1) is 6.58 Å². The normalized spacial score (nSPS) is 10.0. The van der Waals surface area contributed by atoms with Crippen LogP contribution in [0.5, 0.6) is 5.75 Å². The monoisotopic (exact) mass is 330 g/mol. The molecule has 0 fully saturated rings. The van der Waals surface area contributed by atoms with Crippen molar-refractivity contribution in [2.75, 3.05) is 6.61 Å². The van der Waals surface area contributed by atoms with E-state index in [1.807, 2.05) is 0 Å². The summed E-state index contributed by atoms with van der Waals surface area (Å²) in [5, 5.41) is 0.461. The molecule has 1 rings (SSSR count). The van der Waals surface area contributed by atoms with Gasteiger partial charge in [0.25, 0.3) is 0 Å². The van der Waals surface area contributed by atoms with Crippen LogP contribution in [0, 0.1) is 0 Å². The van der Waals surface area contributed by atoms with Gasteiger partial charge in [-0.25, -0.2) is 0 Å². The molecule has 0 saturated carbocycles. The number of halogens is 2. The standard InChI is InChI=1S/C15H16Cl2O4/c1-2-3-4-10-20-13(18)8-9-14(19)21-12-7-5-6-11(16)15(12)17/h2,5-7H,1,3-4,8-10H2. The Labute approximate surface area is 133 Å². The van der Waals surface area contributed by atoms with Crippen molar-refractivity contribution in [3.63, 3.8) is 0 Å². The molecular weight excluding hydrogens is 315 g/mol. The van der Waals surface area contributed by atoms with E-state index in [-0.39, 0.29) is 23.6 Å². The predicted octanol–water partition coefficient (Wildman–Crippen LogP) is 4.19. The van der Waals surface area contributed by atoms with E-state index in [0.717, 1.165) is 12.8 Å². The van der Waals surface area contributed by atoms with Gasteiger partial charge in [0.15, 0.2) is 5.75 Å². The van der Waals surface area contributed by atoms with E-state index in [0.29, 0.717) is 11.6 Å². The second kappa shape index (κ2) is 9.42. The average Bonchev–Trinajstić information content (AvgIpc) is 2.46. The van der Waals surface area contributed by atoms with Gasteiger partial charge in [-0.05, 0) is 25.0 Å². The summed E-state index contributed by atoms with van der Waals surface area (Å²) in [6, 6.07) is 4.73. The van der Waals surface area contributed by atoms with Crippen LogP contribution in [0.15, 0.2) is 30.9 Å².